The average Bonchev–Trinajstić information content (AvgIpc) is 2.94. The first-order valence-corrected chi connectivity index (χ1v) is 6.07. The van der Waals surface area contributed by atoms with Crippen molar-refractivity contribution in [1.29, 1.82) is 0 Å². The molecule has 2 spiro atoms. The zero-order valence-electron chi connectivity index (χ0n) is 9.68. The summed E-state index contributed by atoms with van der Waals surface area (Å²) < 4.78 is 5.75. The highest BCUT2D eigenvalue weighted by molar-refractivity contribution is 5.18. The number of piperidine rings is 1. The van der Waals surface area contributed by atoms with E-state index in [1.807, 2.05) is 0 Å². The molecule has 4 heteroatoms. The van der Waals surface area contributed by atoms with Crippen LogP contribution in [0.5, 0.6) is 0 Å². The maximum atomic E-state index is 5.75. The van der Waals surface area contributed by atoms with Crippen LogP contribution in [0.25, 0.3) is 0 Å². The molecule has 2 N–H and O–H groups in total. The Labute approximate surface area is 91.3 Å². The quantitative estimate of drug-likeness (QED) is 0.604. The van der Waals surface area contributed by atoms with Crippen LogP contribution in [0.4, 0.5) is 0 Å². The molecular formula is C11H21N3O. The Morgan fingerprint density at radius 2 is 1.93 bits per heavy atom. The van der Waals surface area contributed by atoms with Gasteiger partial charge in [0.1, 0.15) is 0 Å². The summed E-state index contributed by atoms with van der Waals surface area (Å²) in [5.74, 6) is 0. The SMILES string of the molecule is CC(C)N1CNC2(CO2)C12CCNCC2. The van der Waals surface area contributed by atoms with Gasteiger partial charge in [0.25, 0.3) is 0 Å². The topological polar surface area (TPSA) is 39.8 Å². The average molecular weight is 211 g/mol. The van der Waals surface area contributed by atoms with Crippen LogP contribution in [0.3, 0.4) is 0 Å². The molecule has 3 heterocycles. The summed E-state index contributed by atoms with van der Waals surface area (Å²) in [6.45, 7) is 8.69. The zero-order valence-corrected chi connectivity index (χ0v) is 9.68. The Bertz CT molecular complexity index is 257. The van der Waals surface area contributed by atoms with Gasteiger partial charge in [-0.25, -0.2) is 0 Å². The zero-order chi connectivity index (χ0) is 10.5. The molecule has 86 valence electrons. The normalized spacial score (nSPS) is 39.4. The van der Waals surface area contributed by atoms with Crippen LogP contribution in [-0.2, 0) is 4.74 Å². The fourth-order valence-electron chi connectivity index (χ4n) is 3.41. The number of nitrogens with zero attached hydrogens (tertiary/aromatic N) is 1. The highest BCUT2D eigenvalue weighted by atomic mass is 16.6. The van der Waals surface area contributed by atoms with E-state index >= 15 is 0 Å². The number of epoxide rings is 1. The Morgan fingerprint density at radius 1 is 1.27 bits per heavy atom. The van der Waals surface area contributed by atoms with Crippen LogP contribution >= 0.6 is 0 Å². The van der Waals surface area contributed by atoms with E-state index in [4.69, 9.17) is 4.74 Å². The minimum atomic E-state index is -0.000625. The predicted octanol–water partition coefficient (Wildman–Crippen LogP) is 0.106. The fraction of sp³-hybridized carbons (Fsp3) is 1.00. The molecule has 0 aromatic carbocycles. The number of hydrogen-bond donors (Lipinski definition) is 2. The van der Waals surface area contributed by atoms with Crippen molar-refractivity contribution in [2.75, 3.05) is 26.4 Å². The van der Waals surface area contributed by atoms with Crippen molar-refractivity contribution in [1.82, 2.24) is 15.5 Å². The molecule has 0 bridgehead atoms. The maximum Gasteiger partial charge on any atom is 0.162 e. The molecule has 4 nitrogen and oxygen atoms in total. The lowest BCUT2D eigenvalue weighted by molar-refractivity contribution is 0.0225. The molecule has 3 saturated heterocycles. The van der Waals surface area contributed by atoms with Gasteiger partial charge >= 0.3 is 0 Å². The van der Waals surface area contributed by atoms with Gasteiger partial charge in [-0.2, -0.15) is 0 Å². The first-order chi connectivity index (χ1) is 7.20. The molecule has 0 aliphatic carbocycles. The van der Waals surface area contributed by atoms with Crippen molar-refractivity contribution in [3.8, 4) is 0 Å². The van der Waals surface area contributed by atoms with Crippen molar-refractivity contribution < 1.29 is 4.74 Å². The molecule has 3 rings (SSSR count). The van der Waals surface area contributed by atoms with E-state index in [2.05, 4.69) is 29.4 Å². The second kappa shape index (κ2) is 3.17. The molecule has 0 amide bonds. The predicted molar refractivity (Wildman–Crippen MR) is 58.5 cm³/mol. The molecule has 0 aromatic rings. The second-order valence-electron chi connectivity index (χ2n) is 5.30. The largest absolute Gasteiger partial charge is 0.352 e. The molecule has 15 heavy (non-hydrogen) atoms. The highest BCUT2D eigenvalue weighted by Crippen LogP contribution is 2.49. The number of nitrogens with one attached hydrogen (secondary N) is 2. The molecule has 3 aliphatic rings. The monoisotopic (exact) mass is 211 g/mol. The van der Waals surface area contributed by atoms with Gasteiger partial charge in [-0.15, -0.1) is 0 Å². The molecule has 1 atom stereocenters. The van der Waals surface area contributed by atoms with Gasteiger partial charge in [0.05, 0.1) is 18.8 Å². The number of hydrogen-bond acceptors (Lipinski definition) is 4. The molecular weight excluding hydrogens is 190 g/mol. The smallest absolute Gasteiger partial charge is 0.162 e. The van der Waals surface area contributed by atoms with Crippen LogP contribution in [0.15, 0.2) is 0 Å². The third kappa shape index (κ3) is 1.22. The summed E-state index contributed by atoms with van der Waals surface area (Å²) in [6.07, 6.45) is 2.41. The molecule has 0 saturated carbocycles. The molecule has 0 radical (unpaired) electrons. The van der Waals surface area contributed by atoms with Crippen LogP contribution < -0.4 is 10.6 Å². The Hall–Kier alpha value is -0.160. The van der Waals surface area contributed by atoms with E-state index < -0.39 is 0 Å². The number of ether oxygens (including phenoxy) is 1. The Kier molecular flexibility index (Phi) is 2.12. The summed E-state index contributed by atoms with van der Waals surface area (Å²) in [6, 6.07) is 0.596. The summed E-state index contributed by atoms with van der Waals surface area (Å²) in [4.78, 5) is 2.60. The molecule has 1 unspecified atom stereocenters. The Morgan fingerprint density at radius 3 is 2.47 bits per heavy atom. The van der Waals surface area contributed by atoms with Crippen LogP contribution in [0.2, 0.25) is 0 Å². The molecule has 0 aromatic heterocycles. The van der Waals surface area contributed by atoms with Crippen LogP contribution in [0, 0.1) is 0 Å². The van der Waals surface area contributed by atoms with Crippen molar-refractivity contribution in [2.45, 2.75) is 44.0 Å². The van der Waals surface area contributed by atoms with E-state index in [0.29, 0.717) is 6.04 Å². The van der Waals surface area contributed by atoms with Gasteiger partial charge in [-0.1, -0.05) is 0 Å². The van der Waals surface area contributed by atoms with Crippen molar-refractivity contribution in [2.24, 2.45) is 0 Å². The summed E-state index contributed by atoms with van der Waals surface area (Å²) >= 11 is 0. The first kappa shape index (κ1) is 10.0. The van der Waals surface area contributed by atoms with Crippen molar-refractivity contribution in [3.05, 3.63) is 0 Å². The molecule has 3 aliphatic heterocycles. The van der Waals surface area contributed by atoms with Gasteiger partial charge in [0.2, 0.25) is 0 Å². The third-order valence-corrected chi connectivity index (χ3v) is 4.32. The van der Waals surface area contributed by atoms with E-state index in [9.17, 15) is 0 Å². The van der Waals surface area contributed by atoms with E-state index in [1.54, 1.807) is 0 Å². The molecule has 3 fully saturated rings. The van der Waals surface area contributed by atoms with Gasteiger partial charge in [0, 0.05) is 6.04 Å². The summed E-state index contributed by atoms with van der Waals surface area (Å²) in [5, 5.41) is 7.03. The summed E-state index contributed by atoms with van der Waals surface area (Å²) in [7, 11) is 0. The van der Waals surface area contributed by atoms with Gasteiger partial charge < -0.3 is 10.1 Å². The van der Waals surface area contributed by atoms with E-state index in [1.165, 1.54) is 12.8 Å². The van der Waals surface area contributed by atoms with Crippen molar-refractivity contribution >= 4 is 0 Å². The fourth-order valence-corrected chi connectivity index (χ4v) is 3.41. The third-order valence-electron chi connectivity index (χ3n) is 4.32. The minimum Gasteiger partial charge on any atom is -0.352 e. The van der Waals surface area contributed by atoms with Crippen molar-refractivity contribution in [3.63, 3.8) is 0 Å². The highest BCUT2D eigenvalue weighted by Gasteiger charge is 2.67. The van der Waals surface area contributed by atoms with E-state index in [-0.39, 0.29) is 11.3 Å². The lowest BCUT2D eigenvalue weighted by Crippen LogP contribution is -2.60. The lowest BCUT2D eigenvalue weighted by Gasteiger charge is -2.45. The number of fused-ring (bicyclic) bond motifs is 1. The van der Waals surface area contributed by atoms with Gasteiger partial charge in [-0.05, 0) is 39.8 Å². The van der Waals surface area contributed by atoms with E-state index in [0.717, 1.165) is 26.4 Å². The van der Waals surface area contributed by atoms with Crippen LogP contribution in [0.1, 0.15) is 26.7 Å². The van der Waals surface area contributed by atoms with Crippen LogP contribution in [-0.4, -0.2) is 48.6 Å². The second-order valence-corrected chi connectivity index (χ2v) is 5.30. The maximum absolute atomic E-state index is 5.75. The summed E-state index contributed by atoms with van der Waals surface area (Å²) in [5.41, 5.74) is 0.256. The lowest BCUT2D eigenvalue weighted by atomic mass is 9.80. The first-order valence-electron chi connectivity index (χ1n) is 6.07. The minimum absolute atomic E-state index is 0.000625. The van der Waals surface area contributed by atoms with Gasteiger partial charge in [0.15, 0.2) is 5.72 Å². The number of rotatable bonds is 1. The Balaban J connectivity index is 1.91. The van der Waals surface area contributed by atoms with Gasteiger partial charge in [-0.3, -0.25) is 10.2 Å². The standard InChI is InChI=1S/C11H21N3O/c1-9(2)14-8-13-11(7-15-11)10(14)3-5-12-6-4-10/h9,12-13H,3-8H2,1-2H3.